The summed E-state index contributed by atoms with van der Waals surface area (Å²) in [6, 6.07) is 10.7. The first-order valence-corrected chi connectivity index (χ1v) is 4.75. The summed E-state index contributed by atoms with van der Waals surface area (Å²) in [5.74, 6) is 0. The van der Waals surface area contributed by atoms with Crippen molar-refractivity contribution in [1.29, 1.82) is 0 Å². The third kappa shape index (κ3) is 1.01. The smallest absolute Gasteiger partial charge is 0.100 e. The third-order valence-electron chi connectivity index (χ3n) is 2.65. The summed E-state index contributed by atoms with van der Waals surface area (Å²) >= 11 is 0. The maximum Gasteiger partial charge on any atom is 0.100 e. The van der Waals surface area contributed by atoms with Crippen LogP contribution < -0.4 is 5.48 Å². The van der Waals surface area contributed by atoms with Crippen LogP contribution in [0.4, 0.5) is 5.69 Å². The summed E-state index contributed by atoms with van der Waals surface area (Å²) in [5.41, 5.74) is 9.13. The minimum Gasteiger partial charge on any atom is -0.271 e. The van der Waals surface area contributed by atoms with Crippen LogP contribution in [-0.2, 0) is 11.4 Å². The van der Waals surface area contributed by atoms with E-state index < -0.39 is 0 Å². The molecule has 0 atom stereocenters. The molecule has 70 valence electrons. The Kier molecular flexibility index (Phi) is 1.52. The summed E-state index contributed by atoms with van der Waals surface area (Å²) in [4.78, 5) is 5.29. The molecule has 0 amide bonds. The lowest BCUT2D eigenvalue weighted by molar-refractivity contribution is 0.176. The second-order valence-electron chi connectivity index (χ2n) is 3.72. The SMILES string of the molecule is Cc1ccc2ccc3c-2c(c1)CON3. The van der Waals surface area contributed by atoms with E-state index in [4.69, 9.17) is 4.84 Å². The van der Waals surface area contributed by atoms with Crippen molar-refractivity contribution >= 4 is 5.69 Å². The topological polar surface area (TPSA) is 21.3 Å². The van der Waals surface area contributed by atoms with Gasteiger partial charge in [0.15, 0.2) is 0 Å². The van der Waals surface area contributed by atoms with Crippen molar-refractivity contribution in [1.82, 2.24) is 0 Å². The molecule has 2 nitrogen and oxygen atoms in total. The first kappa shape index (κ1) is 7.83. The van der Waals surface area contributed by atoms with Gasteiger partial charge in [0.05, 0.1) is 5.69 Å². The molecule has 1 aliphatic heterocycles. The minimum absolute atomic E-state index is 0.642. The molecular weight excluding hydrogens is 174 g/mol. The van der Waals surface area contributed by atoms with Crippen LogP contribution in [0.5, 0.6) is 0 Å². The van der Waals surface area contributed by atoms with Crippen LogP contribution in [0.25, 0.3) is 11.1 Å². The second-order valence-corrected chi connectivity index (χ2v) is 3.72. The number of anilines is 1. The zero-order chi connectivity index (χ0) is 9.54. The van der Waals surface area contributed by atoms with Crippen molar-refractivity contribution < 1.29 is 4.84 Å². The highest BCUT2D eigenvalue weighted by molar-refractivity contribution is 5.84. The van der Waals surface area contributed by atoms with E-state index in [1.54, 1.807) is 0 Å². The van der Waals surface area contributed by atoms with E-state index in [-0.39, 0.29) is 0 Å². The van der Waals surface area contributed by atoms with E-state index in [0.717, 1.165) is 5.69 Å². The molecule has 0 aromatic carbocycles. The van der Waals surface area contributed by atoms with Gasteiger partial charge in [-0.3, -0.25) is 10.3 Å². The minimum atomic E-state index is 0.642. The summed E-state index contributed by atoms with van der Waals surface area (Å²) in [7, 11) is 0. The Morgan fingerprint density at radius 1 is 1.21 bits per heavy atom. The van der Waals surface area contributed by atoms with Crippen LogP contribution in [0.3, 0.4) is 0 Å². The third-order valence-corrected chi connectivity index (χ3v) is 2.65. The van der Waals surface area contributed by atoms with Gasteiger partial charge in [0.1, 0.15) is 6.61 Å². The van der Waals surface area contributed by atoms with Crippen LogP contribution in [0.2, 0.25) is 0 Å². The predicted octanol–water partition coefficient (Wildman–Crippen LogP) is 2.96. The molecule has 3 aliphatic rings. The van der Waals surface area contributed by atoms with Crippen molar-refractivity contribution in [2.45, 2.75) is 13.5 Å². The van der Waals surface area contributed by atoms with E-state index >= 15 is 0 Å². The van der Waals surface area contributed by atoms with Crippen LogP contribution in [-0.4, -0.2) is 0 Å². The summed E-state index contributed by atoms with van der Waals surface area (Å²) < 4.78 is 0. The largest absolute Gasteiger partial charge is 0.271 e. The number of hydrogen-bond acceptors (Lipinski definition) is 2. The van der Waals surface area contributed by atoms with E-state index in [0.29, 0.717) is 6.61 Å². The van der Waals surface area contributed by atoms with Crippen LogP contribution in [0, 0.1) is 6.92 Å². The summed E-state index contributed by atoms with van der Waals surface area (Å²) in [6.45, 7) is 2.75. The highest BCUT2D eigenvalue weighted by atomic mass is 16.6. The molecule has 14 heavy (non-hydrogen) atoms. The summed E-state index contributed by atoms with van der Waals surface area (Å²) in [6.07, 6.45) is 0. The predicted molar refractivity (Wildman–Crippen MR) is 56.2 cm³/mol. The van der Waals surface area contributed by atoms with Gasteiger partial charge in [0.2, 0.25) is 0 Å². The molecule has 0 unspecified atom stereocenters. The van der Waals surface area contributed by atoms with Gasteiger partial charge < -0.3 is 0 Å². The monoisotopic (exact) mass is 185 g/mol. The van der Waals surface area contributed by atoms with Gasteiger partial charge in [-0.15, -0.1) is 0 Å². The van der Waals surface area contributed by atoms with Gasteiger partial charge in [0, 0.05) is 5.56 Å². The molecule has 3 rings (SSSR count). The van der Waals surface area contributed by atoms with Crippen molar-refractivity contribution in [3.63, 3.8) is 0 Å². The Labute approximate surface area is 82.8 Å². The second kappa shape index (κ2) is 2.72. The molecule has 0 aromatic rings. The quantitative estimate of drug-likeness (QED) is 0.681. The lowest BCUT2D eigenvalue weighted by Crippen LogP contribution is -2.07. The van der Waals surface area contributed by atoms with Gasteiger partial charge in [-0.2, -0.15) is 0 Å². The average molecular weight is 185 g/mol. The number of rotatable bonds is 0. The van der Waals surface area contributed by atoms with Crippen molar-refractivity contribution in [3.8, 4) is 11.1 Å². The zero-order valence-electron chi connectivity index (χ0n) is 8.00. The summed E-state index contributed by atoms with van der Waals surface area (Å²) in [5, 5.41) is 0. The van der Waals surface area contributed by atoms with E-state index in [2.05, 4.69) is 42.7 Å². The Morgan fingerprint density at radius 3 is 3.00 bits per heavy atom. The van der Waals surface area contributed by atoms with Gasteiger partial charge in [-0.25, -0.2) is 0 Å². The number of aryl methyl sites for hydroxylation is 1. The fourth-order valence-electron chi connectivity index (χ4n) is 2.00. The normalized spacial score (nSPS) is 14.1. The first-order valence-electron chi connectivity index (χ1n) is 4.75. The highest BCUT2D eigenvalue weighted by Crippen LogP contribution is 2.37. The van der Waals surface area contributed by atoms with E-state index in [9.17, 15) is 0 Å². The number of nitrogens with one attached hydrogen (secondary N) is 1. The molecule has 2 heteroatoms. The average Bonchev–Trinajstić information content (AvgIpc) is 2.51. The lowest BCUT2D eigenvalue weighted by atomic mass is 10.1. The maximum atomic E-state index is 5.29. The zero-order valence-corrected chi connectivity index (χ0v) is 8.00. The fraction of sp³-hybridized carbons (Fsp3) is 0.167. The molecule has 0 bridgehead atoms. The van der Waals surface area contributed by atoms with E-state index in [1.165, 1.54) is 22.3 Å². The fourth-order valence-corrected chi connectivity index (χ4v) is 2.00. The standard InChI is InChI=1S/C12H11NO/c1-8-2-3-9-4-5-11-12(9)10(6-8)7-14-13-11/h2-6,13H,7H2,1H3. The van der Waals surface area contributed by atoms with Gasteiger partial charge in [-0.05, 0) is 24.1 Å². The Balaban J connectivity index is 2.39. The molecule has 1 heterocycles. The highest BCUT2D eigenvalue weighted by Gasteiger charge is 2.17. The molecule has 0 spiro atoms. The Bertz CT molecular complexity index is 464. The molecule has 0 saturated heterocycles. The Hall–Kier alpha value is -1.54. The molecule has 1 N–H and O–H groups in total. The lowest BCUT2D eigenvalue weighted by Gasteiger charge is -2.16. The number of hydrogen-bond donors (Lipinski definition) is 1. The molecule has 0 aromatic heterocycles. The van der Waals surface area contributed by atoms with Crippen molar-refractivity contribution in [2.24, 2.45) is 0 Å². The van der Waals surface area contributed by atoms with Gasteiger partial charge in [0.25, 0.3) is 0 Å². The molecule has 2 aliphatic carbocycles. The molecule has 0 radical (unpaired) electrons. The Morgan fingerprint density at radius 2 is 2.07 bits per heavy atom. The van der Waals surface area contributed by atoms with Gasteiger partial charge >= 0.3 is 0 Å². The molecular formula is C12H11NO. The maximum absolute atomic E-state index is 5.29. The van der Waals surface area contributed by atoms with Crippen LogP contribution >= 0.6 is 0 Å². The van der Waals surface area contributed by atoms with E-state index in [1.807, 2.05) is 0 Å². The van der Waals surface area contributed by atoms with Crippen LogP contribution in [0.1, 0.15) is 11.1 Å². The van der Waals surface area contributed by atoms with Crippen molar-refractivity contribution in [3.05, 3.63) is 41.5 Å². The molecule has 0 fully saturated rings. The molecule has 0 saturated carbocycles. The van der Waals surface area contributed by atoms with Crippen molar-refractivity contribution in [2.75, 3.05) is 5.48 Å². The van der Waals surface area contributed by atoms with Crippen LogP contribution in [0.15, 0.2) is 30.3 Å². The van der Waals surface area contributed by atoms with Gasteiger partial charge in [-0.1, -0.05) is 29.8 Å². The first-order chi connectivity index (χ1) is 6.84.